The van der Waals surface area contributed by atoms with E-state index >= 15 is 0 Å². The summed E-state index contributed by atoms with van der Waals surface area (Å²) in [5, 5.41) is 20.2. The van der Waals surface area contributed by atoms with E-state index in [0.717, 1.165) is 38.5 Å². The maximum absolute atomic E-state index is 11.9. The van der Waals surface area contributed by atoms with Gasteiger partial charge in [0.05, 0.1) is 11.5 Å². The predicted octanol–water partition coefficient (Wildman–Crippen LogP) is 3.13. The molecule has 2 N–H and O–H groups in total. The summed E-state index contributed by atoms with van der Waals surface area (Å²) in [6.07, 6.45) is 10.2. The number of hydrogen-bond donors (Lipinski definition) is 2. The number of unbranched alkanes of at least 4 members (excludes halogenated alkanes) is 1. The van der Waals surface area contributed by atoms with E-state index < -0.39 is 22.9 Å². The van der Waals surface area contributed by atoms with Gasteiger partial charge < -0.3 is 10.2 Å². The Morgan fingerprint density at radius 2 is 2.11 bits per heavy atom. The first-order valence-electron chi connectivity index (χ1n) is 7.17. The molecule has 0 spiro atoms. The van der Waals surface area contributed by atoms with Crippen molar-refractivity contribution < 1.29 is 15.0 Å². The number of hydrogen-bond acceptors (Lipinski definition) is 2. The Kier molecular flexibility index (Phi) is 3.81. The molecule has 0 aromatic carbocycles. The van der Waals surface area contributed by atoms with Gasteiger partial charge in [0.2, 0.25) is 0 Å². The molecule has 3 heteroatoms. The molecule has 0 aromatic rings. The fourth-order valence-electron chi connectivity index (χ4n) is 4.09. The van der Waals surface area contributed by atoms with E-state index in [4.69, 9.17) is 0 Å². The fraction of sp³-hybridized carbons (Fsp3) is 0.800. The molecule has 0 aromatic heterocycles. The van der Waals surface area contributed by atoms with Crippen LogP contribution >= 0.6 is 0 Å². The second-order valence-electron chi connectivity index (χ2n) is 5.93. The molecule has 18 heavy (non-hydrogen) atoms. The zero-order valence-corrected chi connectivity index (χ0v) is 11.2. The lowest BCUT2D eigenvalue weighted by atomic mass is 9.49. The van der Waals surface area contributed by atoms with Crippen LogP contribution in [0.2, 0.25) is 0 Å². The molecule has 0 saturated heterocycles. The Hall–Kier alpha value is -0.830. The van der Waals surface area contributed by atoms with Crippen molar-refractivity contribution in [2.45, 2.75) is 64.4 Å². The minimum absolute atomic E-state index is 0.429. The van der Waals surface area contributed by atoms with Gasteiger partial charge in [0.25, 0.3) is 0 Å². The number of carboxylic acid groups (broad SMARTS) is 1. The van der Waals surface area contributed by atoms with Crippen LogP contribution in [0.1, 0.15) is 58.3 Å². The lowest BCUT2D eigenvalue weighted by molar-refractivity contribution is -0.175. The second kappa shape index (κ2) is 5.04. The smallest absolute Gasteiger partial charge is 0.310 e. The fourth-order valence-corrected chi connectivity index (χ4v) is 4.09. The molecule has 102 valence electrons. The van der Waals surface area contributed by atoms with Gasteiger partial charge in [-0.1, -0.05) is 44.8 Å². The molecular weight excluding hydrogens is 228 g/mol. The van der Waals surface area contributed by atoms with Gasteiger partial charge in [-0.25, -0.2) is 0 Å². The molecule has 0 unspecified atom stereocenters. The molecule has 2 rings (SSSR count). The first-order valence-corrected chi connectivity index (χ1v) is 7.17. The first-order chi connectivity index (χ1) is 8.59. The highest BCUT2D eigenvalue weighted by Gasteiger charge is 2.60. The molecule has 0 radical (unpaired) electrons. The van der Waals surface area contributed by atoms with E-state index in [1.807, 2.05) is 12.2 Å². The highest BCUT2D eigenvalue weighted by Crippen LogP contribution is 2.59. The maximum atomic E-state index is 11.9. The molecule has 0 heterocycles. The van der Waals surface area contributed by atoms with Crippen molar-refractivity contribution in [3.8, 4) is 0 Å². The third-order valence-electron chi connectivity index (χ3n) is 5.17. The molecule has 0 bridgehead atoms. The molecule has 3 nitrogen and oxygen atoms in total. The summed E-state index contributed by atoms with van der Waals surface area (Å²) in [6.45, 7) is 2.12. The SMILES string of the molecule is CCCC[C@]12CCCC[C@]1(C(=O)O)CC=C[C@H]2O. The maximum Gasteiger partial charge on any atom is 0.310 e. The van der Waals surface area contributed by atoms with Gasteiger partial charge in [0, 0.05) is 5.41 Å². The average Bonchev–Trinajstić information content (AvgIpc) is 2.37. The third kappa shape index (κ3) is 1.80. The normalized spacial score (nSPS) is 39.3. The second-order valence-corrected chi connectivity index (χ2v) is 5.93. The number of aliphatic hydroxyl groups excluding tert-OH is 1. The zero-order chi connectivity index (χ0) is 13.2. The van der Waals surface area contributed by atoms with Crippen LogP contribution in [0.4, 0.5) is 0 Å². The van der Waals surface area contributed by atoms with Crippen molar-refractivity contribution in [3.63, 3.8) is 0 Å². The summed E-state index contributed by atoms with van der Waals surface area (Å²) in [7, 11) is 0. The molecule has 3 atom stereocenters. The van der Waals surface area contributed by atoms with E-state index in [-0.39, 0.29) is 0 Å². The van der Waals surface area contributed by atoms with Crippen LogP contribution in [-0.2, 0) is 4.79 Å². The zero-order valence-electron chi connectivity index (χ0n) is 11.2. The molecule has 2 aliphatic rings. The van der Waals surface area contributed by atoms with Crippen molar-refractivity contribution >= 4 is 5.97 Å². The number of aliphatic hydroxyl groups is 1. The Morgan fingerprint density at radius 3 is 2.78 bits per heavy atom. The van der Waals surface area contributed by atoms with Gasteiger partial charge in [-0.15, -0.1) is 0 Å². The number of carboxylic acids is 1. The Bertz CT molecular complexity index is 350. The van der Waals surface area contributed by atoms with Crippen LogP contribution < -0.4 is 0 Å². The van der Waals surface area contributed by atoms with Crippen LogP contribution in [0, 0.1) is 10.8 Å². The van der Waals surface area contributed by atoms with Crippen molar-refractivity contribution in [2.75, 3.05) is 0 Å². The van der Waals surface area contributed by atoms with Gasteiger partial charge in [-0.05, 0) is 25.7 Å². The third-order valence-corrected chi connectivity index (χ3v) is 5.17. The van der Waals surface area contributed by atoms with E-state index in [0.29, 0.717) is 12.8 Å². The van der Waals surface area contributed by atoms with Crippen LogP contribution in [-0.4, -0.2) is 22.3 Å². The highest BCUT2D eigenvalue weighted by atomic mass is 16.4. The summed E-state index contributed by atoms with van der Waals surface area (Å²) in [4.78, 5) is 11.9. The first kappa shape index (κ1) is 13.6. The molecule has 0 aliphatic heterocycles. The summed E-state index contributed by atoms with van der Waals surface area (Å²) in [5.74, 6) is -0.707. The van der Waals surface area contributed by atoms with E-state index in [2.05, 4.69) is 6.92 Å². The van der Waals surface area contributed by atoms with Crippen LogP contribution in [0.3, 0.4) is 0 Å². The van der Waals surface area contributed by atoms with Gasteiger partial charge in [0.15, 0.2) is 0 Å². The summed E-state index contributed by atoms with van der Waals surface area (Å²) < 4.78 is 0. The Morgan fingerprint density at radius 1 is 1.39 bits per heavy atom. The van der Waals surface area contributed by atoms with Crippen molar-refractivity contribution in [1.29, 1.82) is 0 Å². The van der Waals surface area contributed by atoms with Crippen LogP contribution in [0.25, 0.3) is 0 Å². The summed E-state index contributed by atoms with van der Waals surface area (Å²) in [6, 6.07) is 0. The van der Waals surface area contributed by atoms with Crippen molar-refractivity contribution in [1.82, 2.24) is 0 Å². The standard InChI is InChI=1S/C15H24O3/c1-2-3-8-14-9-4-5-10-15(14,13(17)18)11-6-7-12(14)16/h6-7,12,16H,2-5,8-11H2,1H3,(H,17,18)/t12-,14-,15-/m1/s1. The van der Waals surface area contributed by atoms with Crippen LogP contribution in [0.5, 0.6) is 0 Å². The van der Waals surface area contributed by atoms with Gasteiger partial charge in [0.1, 0.15) is 0 Å². The Labute approximate surface area is 109 Å². The van der Waals surface area contributed by atoms with Crippen LogP contribution in [0.15, 0.2) is 12.2 Å². The number of fused-ring (bicyclic) bond motifs is 1. The minimum Gasteiger partial charge on any atom is -0.481 e. The molecule has 0 amide bonds. The highest BCUT2D eigenvalue weighted by molar-refractivity contribution is 5.77. The number of rotatable bonds is 4. The molecule has 1 fully saturated rings. The van der Waals surface area contributed by atoms with Gasteiger partial charge >= 0.3 is 5.97 Å². The topological polar surface area (TPSA) is 57.5 Å². The van der Waals surface area contributed by atoms with Crippen molar-refractivity contribution in [2.24, 2.45) is 10.8 Å². The molecule has 1 saturated carbocycles. The van der Waals surface area contributed by atoms with E-state index in [1.165, 1.54) is 0 Å². The van der Waals surface area contributed by atoms with Crippen molar-refractivity contribution in [3.05, 3.63) is 12.2 Å². The van der Waals surface area contributed by atoms with Gasteiger partial charge in [-0.3, -0.25) is 4.79 Å². The van der Waals surface area contributed by atoms with E-state index in [9.17, 15) is 15.0 Å². The van der Waals surface area contributed by atoms with Gasteiger partial charge in [-0.2, -0.15) is 0 Å². The summed E-state index contributed by atoms with van der Waals surface area (Å²) >= 11 is 0. The quantitative estimate of drug-likeness (QED) is 0.756. The molecule has 2 aliphatic carbocycles. The average molecular weight is 252 g/mol. The monoisotopic (exact) mass is 252 g/mol. The minimum atomic E-state index is -0.728. The Balaban J connectivity index is 2.42. The molecular formula is C15H24O3. The number of aliphatic carboxylic acids is 1. The predicted molar refractivity (Wildman–Crippen MR) is 70.3 cm³/mol. The lowest BCUT2D eigenvalue weighted by Gasteiger charge is -2.55. The number of allylic oxidation sites excluding steroid dienone is 1. The summed E-state index contributed by atoms with van der Waals surface area (Å²) in [5.41, 5.74) is -1.16. The number of carbonyl (C=O) groups is 1. The lowest BCUT2D eigenvalue weighted by Crippen LogP contribution is -2.57. The largest absolute Gasteiger partial charge is 0.481 e. The van der Waals surface area contributed by atoms with E-state index in [1.54, 1.807) is 0 Å².